The molecule has 0 amide bonds. The largest absolute Gasteiger partial charge is 0.493 e. The zero-order valence-corrected chi connectivity index (χ0v) is 14.7. The smallest absolute Gasteiger partial charge is 0.160 e. The zero-order valence-electron chi connectivity index (χ0n) is 14.7. The topological polar surface area (TPSA) is 31.4 Å². The number of hydrogen-bond donors (Lipinski definition) is 0. The number of aromatic nitrogens is 1. The minimum Gasteiger partial charge on any atom is -0.493 e. The molecule has 0 saturated carbocycles. The van der Waals surface area contributed by atoms with E-state index in [2.05, 4.69) is 43.1 Å². The van der Waals surface area contributed by atoms with Crippen LogP contribution in [0, 0.1) is 13.8 Å². The third-order valence-corrected chi connectivity index (χ3v) is 4.56. The van der Waals surface area contributed by atoms with Crippen molar-refractivity contribution >= 4 is 10.8 Å². The lowest BCUT2D eigenvalue weighted by Crippen LogP contribution is -1.98. The molecule has 24 heavy (non-hydrogen) atoms. The Labute approximate surface area is 143 Å². The van der Waals surface area contributed by atoms with Crippen molar-refractivity contribution in [1.29, 1.82) is 0 Å². The van der Waals surface area contributed by atoms with Gasteiger partial charge in [-0.1, -0.05) is 12.1 Å². The Balaban J connectivity index is 1.87. The first-order chi connectivity index (χ1) is 11.6. The highest BCUT2D eigenvalue weighted by atomic mass is 16.5. The van der Waals surface area contributed by atoms with Crippen LogP contribution in [0.2, 0.25) is 0 Å². The van der Waals surface area contributed by atoms with Gasteiger partial charge in [-0.3, -0.25) is 4.98 Å². The molecule has 0 radical (unpaired) electrons. The van der Waals surface area contributed by atoms with Crippen LogP contribution < -0.4 is 9.47 Å². The highest BCUT2D eigenvalue weighted by molar-refractivity contribution is 5.86. The Bertz CT molecular complexity index is 871. The van der Waals surface area contributed by atoms with E-state index in [4.69, 9.17) is 9.47 Å². The maximum absolute atomic E-state index is 5.39. The summed E-state index contributed by atoms with van der Waals surface area (Å²) in [5.74, 6) is 1.53. The van der Waals surface area contributed by atoms with Crippen molar-refractivity contribution in [3.63, 3.8) is 0 Å². The van der Waals surface area contributed by atoms with Gasteiger partial charge in [-0.05, 0) is 73.0 Å². The number of benzene rings is 2. The van der Waals surface area contributed by atoms with E-state index in [1.165, 1.54) is 27.5 Å². The van der Waals surface area contributed by atoms with E-state index >= 15 is 0 Å². The fraction of sp³-hybridized carbons (Fsp3) is 0.286. The van der Waals surface area contributed by atoms with Gasteiger partial charge in [-0.2, -0.15) is 0 Å². The molecule has 0 unspecified atom stereocenters. The zero-order chi connectivity index (χ0) is 17.1. The Hall–Kier alpha value is -2.55. The Kier molecular flexibility index (Phi) is 4.70. The SMILES string of the molecule is COc1ccc(CCc2nccc3cc(C)c(C)cc23)cc1OC. The van der Waals surface area contributed by atoms with Crippen LogP contribution >= 0.6 is 0 Å². The monoisotopic (exact) mass is 321 g/mol. The fourth-order valence-corrected chi connectivity index (χ4v) is 3.00. The van der Waals surface area contributed by atoms with Gasteiger partial charge in [-0.25, -0.2) is 0 Å². The van der Waals surface area contributed by atoms with Crippen molar-refractivity contribution in [2.45, 2.75) is 26.7 Å². The van der Waals surface area contributed by atoms with Crippen molar-refractivity contribution in [3.05, 3.63) is 65.0 Å². The molecule has 1 aromatic heterocycles. The molecule has 0 spiro atoms. The standard InChI is InChI=1S/C21H23NO2/c1-14-11-17-9-10-22-19(18(17)12-15(14)2)7-5-16-6-8-20(23-3)21(13-16)24-4/h6,8-13H,5,7H2,1-4H3. The summed E-state index contributed by atoms with van der Waals surface area (Å²) in [6.45, 7) is 4.30. The van der Waals surface area contributed by atoms with Crippen molar-refractivity contribution in [3.8, 4) is 11.5 Å². The number of ether oxygens (including phenoxy) is 2. The molecule has 0 fully saturated rings. The lowest BCUT2D eigenvalue weighted by molar-refractivity contribution is 0.354. The molecule has 0 bridgehead atoms. The van der Waals surface area contributed by atoms with Gasteiger partial charge in [0.25, 0.3) is 0 Å². The summed E-state index contributed by atoms with van der Waals surface area (Å²) >= 11 is 0. The van der Waals surface area contributed by atoms with Gasteiger partial charge >= 0.3 is 0 Å². The molecule has 3 heteroatoms. The molecular formula is C21H23NO2. The summed E-state index contributed by atoms with van der Waals surface area (Å²) < 4.78 is 10.7. The molecule has 0 saturated heterocycles. The molecule has 0 aliphatic rings. The van der Waals surface area contributed by atoms with Gasteiger partial charge < -0.3 is 9.47 Å². The van der Waals surface area contributed by atoms with Gasteiger partial charge in [0.15, 0.2) is 11.5 Å². The van der Waals surface area contributed by atoms with Gasteiger partial charge in [0.05, 0.1) is 14.2 Å². The number of fused-ring (bicyclic) bond motifs is 1. The van der Waals surface area contributed by atoms with E-state index in [0.29, 0.717) is 0 Å². The molecule has 1 heterocycles. The van der Waals surface area contributed by atoms with Crippen LogP contribution in [0.4, 0.5) is 0 Å². The van der Waals surface area contributed by atoms with E-state index in [1.54, 1.807) is 14.2 Å². The van der Waals surface area contributed by atoms with Crippen LogP contribution in [0.15, 0.2) is 42.6 Å². The maximum atomic E-state index is 5.39. The van der Waals surface area contributed by atoms with Gasteiger partial charge in [0.1, 0.15) is 0 Å². The van der Waals surface area contributed by atoms with Crippen LogP contribution in [0.25, 0.3) is 10.8 Å². The van der Waals surface area contributed by atoms with Crippen molar-refractivity contribution in [2.75, 3.05) is 14.2 Å². The number of nitrogens with zero attached hydrogens (tertiary/aromatic N) is 1. The Morgan fingerprint density at radius 1 is 0.833 bits per heavy atom. The number of methoxy groups -OCH3 is 2. The number of rotatable bonds is 5. The second-order valence-electron chi connectivity index (χ2n) is 6.10. The molecule has 3 nitrogen and oxygen atoms in total. The third kappa shape index (κ3) is 3.21. The first-order valence-electron chi connectivity index (χ1n) is 8.18. The van der Waals surface area contributed by atoms with E-state index in [1.807, 2.05) is 18.3 Å². The van der Waals surface area contributed by atoms with Gasteiger partial charge in [-0.15, -0.1) is 0 Å². The predicted octanol–water partition coefficient (Wildman–Crippen LogP) is 4.65. The quantitative estimate of drug-likeness (QED) is 0.685. The lowest BCUT2D eigenvalue weighted by Gasteiger charge is -2.11. The average molecular weight is 321 g/mol. The molecule has 0 N–H and O–H groups in total. The molecule has 0 atom stereocenters. The highest BCUT2D eigenvalue weighted by Gasteiger charge is 2.08. The Morgan fingerprint density at radius 3 is 2.33 bits per heavy atom. The van der Waals surface area contributed by atoms with Gasteiger partial charge in [0.2, 0.25) is 0 Å². The second kappa shape index (κ2) is 6.91. The summed E-state index contributed by atoms with van der Waals surface area (Å²) in [4.78, 5) is 4.61. The van der Waals surface area contributed by atoms with Crippen LogP contribution in [-0.2, 0) is 12.8 Å². The fourth-order valence-electron chi connectivity index (χ4n) is 3.00. The highest BCUT2D eigenvalue weighted by Crippen LogP contribution is 2.28. The molecule has 2 aromatic carbocycles. The second-order valence-corrected chi connectivity index (χ2v) is 6.10. The molecule has 0 aliphatic carbocycles. The number of pyridine rings is 1. The molecule has 0 aliphatic heterocycles. The van der Waals surface area contributed by atoms with Gasteiger partial charge in [0, 0.05) is 17.3 Å². The average Bonchev–Trinajstić information content (AvgIpc) is 2.60. The summed E-state index contributed by atoms with van der Waals surface area (Å²) in [7, 11) is 3.32. The summed E-state index contributed by atoms with van der Waals surface area (Å²) in [6, 6.07) is 12.7. The minimum atomic E-state index is 0.760. The van der Waals surface area contributed by atoms with E-state index in [0.717, 1.165) is 30.0 Å². The van der Waals surface area contributed by atoms with Crippen LogP contribution in [0.3, 0.4) is 0 Å². The molecule has 3 rings (SSSR count). The minimum absolute atomic E-state index is 0.760. The van der Waals surface area contributed by atoms with E-state index in [9.17, 15) is 0 Å². The van der Waals surface area contributed by atoms with Crippen LogP contribution in [-0.4, -0.2) is 19.2 Å². The summed E-state index contributed by atoms with van der Waals surface area (Å²) in [5, 5.41) is 2.51. The lowest BCUT2D eigenvalue weighted by atomic mass is 9.99. The molecule has 3 aromatic rings. The van der Waals surface area contributed by atoms with E-state index in [-0.39, 0.29) is 0 Å². The number of aryl methyl sites for hydroxylation is 4. The van der Waals surface area contributed by atoms with Crippen molar-refractivity contribution < 1.29 is 9.47 Å². The van der Waals surface area contributed by atoms with E-state index < -0.39 is 0 Å². The Morgan fingerprint density at radius 2 is 1.58 bits per heavy atom. The molecule has 124 valence electrons. The summed E-state index contributed by atoms with van der Waals surface area (Å²) in [5.41, 5.74) is 4.99. The first kappa shape index (κ1) is 16.3. The maximum Gasteiger partial charge on any atom is 0.160 e. The molecular weight excluding hydrogens is 298 g/mol. The normalized spacial score (nSPS) is 10.8. The predicted molar refractivity (Wildman–Crippen MR) is 98.2 cm³/mol. The number of hydrogen-bond acceptors (Lipinski definition) is 3. The summed E-state index contributed by atoms with van der Waals surface area (Å²) in [6.07, 6.45) is 3.72. The van der Waals surface area contributed by atoms with Crippen molar-refractivity contribution in [1.82, 2.24) is 4.98 Å². The van der Waals surface area contributed by atoms with Crippen LogP contribution in [0.1, 0.15) is 22.4 Å². The van der Waals surface area contributed by atoms with Crippen LogP contribution in [0.5, 0.6) is 11.5 Å². The third-order valence-electron chi connectivity index (χ3n) is 4.56. The van der Waals surface area contributed by atoms with Crippen molar-refractivity contribution in [2.24, 2.45) is 0 Å². The first-order valence-corrected chi connectivity index (χ1v) is 8.18.